The number of hydrogen-bond acceptors (Lipinski definition) is 4. The minimum Gasteiger partial charge on any atom is -0.382 e. The summed E-state index contributed by atoms with van der Waals surface area (Å²) in [5.41, 5.74) is 8.60. The van der Waals surface area contributed by atoms with E-state index >= 15 is 0 Å². The zero-order valence-electron chi connectivity index (χ0n) is 8.92. The highest BCUT2D eigenvalue weighted by atomic mass is 32.1. The van der Waals surface area contributed by atoms with Gasteiger partial charge < -0.3 is 10.7 Å². The van der Waals surface area contributed by atoms with Crippen LogP contribution in [0.15, 0.2) is 42.0 Å². The molecule has 1 aromatic carbocycles. The normalized spacial score (nSPS) is 10.6. The highest BCUT2D eigenvalue weighted by Crippen LogP contribution is 2.29. The molecule has 3 rings (SSSR count). The molecule has 0 saturated carbocycles. The third kappa shape index (κ3) is 1.81. The number of hydrogen-bond donors (Lipinski definition) is 2. The lowest BCUT2D eigenvalue weighted by molar-refractivity contribution is 1.30. The molecule has 0 amide bonds. The number of aromatic nitrogens is 3. The van der Waals surface area contributed by atoms with Gasteiger partial charge in [-0.1, -0.05) is 30.3 Å². The minimum atomic E-state index is 0.485. The van der Waals surface area contributed by atoms with E-state index in [0.29, 0.717) is 5.82 Å². The molecule has 2 aromatic heterocycles. The number of anilines is 1. The zero-order chi connectivity index (χ0) is 11.7. The van der Waals surface area contributed by atoms with Crippen molar-refractivity contribution in [3.8, 4) is 22.0 Å². The first kappa shape index (κ1) is 10.0. The first-order valence-electron chi connectivity index (χ1n) is 5.15. The Kier molecular flexibility index (Phi) is 2.38. The summed E-state index contributed by atoms with van der Waals surface area (Å²) in [5, 5.41) is 2.88. The van der Waals surface area contributed by atoms with Gasteiger partial charge in [0.2, 0.25) is 0 Å². The summed E-state index contributed by atoms with van der Waals surface area (Å²) in [7, 11) is 0. The van der Waals surface area contributed by atoms with Crippen LogP contribution in [0.2, 0.25) is 0 Å². The van der Waals surface area contributed by atoms with Crippen molar-refractivity contribution in [1.29, 1.82) is 0 Å². The summed E-state index contributed by atoms with van der Waals surface area (Å²) in [4.78, 5) is 11.5. The number of imidazole rings is 1. The molecular weight excluding hydrogens is 232 g/mol. The number of H-pyrrole nitrogens is 1. The Labute approximate surface area is 102 Å². The monoisotopic (exact) mass is 242 g/mol. The topological polar surface area (TPSA) is 67.6 Å². The van der Waals surface area contributed by atoms with Crippen molar-refractivity contribution in [2.45, 2.75) is 0 Å². The van der Waals surface area contributed by atoms with Gasteiger partial charge in [0.25, 0.3) is 0 Å². The number of rotatable bonds is 2. The molecule has 5 heteroatoms. The molecule has 0 saturated heterocycles. The Morgan fingerprint density at radius 2 is 2.00 bits per heavy atom. The van der Waals surface area contributed by atoms with E-state index in [1.165, 1.54) is 0 Å². The number of nitrogens with zero attached hydrogens (tertiary/aromatic N) is 2. The Morgan fingerprint density at radius 1 is 1.18 bits per heavy atom. The number of thiazole rings is 1. The minimum absolute atomic E-state index is 0.485. The Balaban J connectivity index is 2.02. The lowest BCUT2D eigenvalue weighted by Gasteiger charge is -1.94. The lowest BCUT2D eigenvalue weighted by atomic mass is 10.2. The summed E-state index contributed by atoms with van der Waals surface area (Å²) in [6.07, 6.45) is 1.58. The van der Waals surface area contributed by atoms with Crippen LogP contribution in [0.3, 0.4) is 0 Å². The van der Waals surface area contributed by atoms with Crippen LogP contribution in [-0.2, 0) is 0 Å². The lowest BCUT2D eigenvalue weighted by Crippen LogP contribution is -1.88. The molecule has 0 aliphatic carbocycles. The van der Waals surface area contributed by atoms with Crippen molar-refractivity contribution in [1.82, 2.24) is 15.0 Å². The second kappa shape index (κ2) is 4.03. The average molecular weight is 242 g/mol. The van der Waals surface area contributed by atoms with Crippen LogP contribution in [0.4, 0.5) is 5.82 Å². The van der Waals surface area contributed by atoms with E-state index in [4.69, 9.17) is 5.73 Å². The van der Waals surface area contributed by atoms with E-state index in [-0.39, 0.29) is 0 Å². The van der Waals surface area contributed by atoms with Crippen LogP contribution >= 0.6 is 11.3 Å². The molecule has 0 spiro atoms. The average Bonchev–Trinajstić information content (AvgIpc) is 2.98. The first-order chi connectivity index (χ1) is 8.34. The molecule has 3 aromatic rings. The van der Waals surface area contributed by atoms with E-state index in [0.717, 1.165) is 22.0 Å². The van der Waals surface area contributed by atoms with Gasteiger partial charge in [-0.05, 0) is 0 Å². The van der Waals surface area contributed by atoms with Crippen molar-refractivity contribution in [3.63, 3.8) is 0 Å². The first-order valence-corrected chi connectivity index (χ1v) is 6.03. The van der Waals surface area contributed by atoms with E-state index in [1.54, 1.807) is 17.7 Å². The largest absolute Gasteiger partial charge is 0.382 e. The third-order valence-electron chi connectivity index (χ3n) is 2.46. The number of nitrogen functional groups attached to an aromatic ring is 1. The molecule has 2 heterocycles. The number of aromatic amines is 1. The van der Waals surface area contributed by atoms with Gasteiger partial charge in [0.1, 0.15) is 10.7 Å². The van der Waals surface area contributed by atoms with E-state index in [9.17, 15) is 0 Å². The smallest absolute Gasteiger partial charge is 0.152 e. The van der Waals surface area contributed by atoms with Gasteiger partial charge in [-0.3, -0.25) is 0 Å². The van der Waals surface area contributed by atoms with Gasteiger partial charge in [0.05, 0.1) is 12.0 Å². The Bertz CT molecular complexity index is 627. The number of nitrogens with one attached hydrogen (secondary N) is 1. The van der Waals surface area contributed by atoms with Crippen LogP contribution in [0.1, 0.15) is 0 Å². The quantitative estimate of drug-likeness (QED) is 0.726. The summed E-state index contributed by atoms with van der Waals surface area (Å²) < 4.78 is 0. The van der Waals surface area contributed by atoms with Crippen molar-refractivity contribution >= 4 is 17.2 Å². The molecule has 0 fully saturated rings. The molecule has 3 N–H and O–H groups in total. The summed E-state index contributed by atoms with van der Waals surface area (Å²) in [6, 6.07) is 10.1. The number of benzene rings is 1. The highest BCUT2D eigenvalue weighted by molar-refractivity contribution is 7.13. The molecule has 0 bridgehead atoms. The molecule has 0 radical (unpaired) electrons. The van der Waals surface area contributed by atoms with Gasteiger partial charge in [-0.15, -0.1) is 11.3 Å². The standard InChI is InChI=1S/C12H10N4S/c13-11-10(14-7-15-11)12-16-9(6-17-12)8-4-2-1-3-5-8/h1-7H,13H2,(H,14,15). The van der Waals surface area contributed by atoms with Gasteiger partial charge in [0.15, 0.2) is 5.82 Å². The van der Waals surface area contributed by atoms with Gasteiger partial charge >= 0.3 is 0 Å². The van der Waals surface area contributed by atoms with Crippen LogP contribution in [0, 0.1) is 0 Å². The predicted octanol–water partition coefficient (Wildman–Crippen LogP) is 2.78. The molecule has 4 nitrogen and oxygen atoms in total. The molecule has 17 heavy (non-hydrogen) atoms. The fourth-order valence-electron chi connectivity index (χ4n) is 1.61. The maximum absolute atomic E-state index is 5.74. The maximum atomic E-state index is 5.74. The maximum Gasteiger partial charge on any atom is 0.152 e. The van der Waals surface area contributed by atoms with Crippen LogP contribution in [0.5, 0.6) is 0 Å². The third-order valence-corrected chi connectivity index (χ3v) is 3.32. The van der Waals surface area contributed by atoms with Crippen molar-refractivity contribution in [2.75, 3.05) is 5.73 Å². The van der Waals surface area contributed by atoms with E-state index < -0.39 is 0 Å². The fourth-order valence-corrected chi connectivity index (χ4v) is 2.45. The second-order valence-corrected chi connectivity index (χ2v) is 4.42. The van der Waals surface area contributed by atoms with Gasteiger partial charge in [0, 0.05) is 10.9 Å². The Hall–Kier alpha value is -2.14. The van der Waals surface area contributed by atoms with Crippen molar-refractivity contribution in [2.24, 2.45) is 0 Å². The van der Waals surface area contributed by atoms with Crippen molar-refractivity contribution in [3.05, 3.63) is 42.0 Å². The second-order valence-electron chi connectivity index (χ2n) is 3.57. The number of nitrogens with two attached hydrogens (primary N) is 1. The van der Waals surface area contributed by atoms with Crippen molar-refractivity contribution < 1.29 is 0 Å². The molecule has 0 atom stereocenters. The zero-order valence-corrected chi connectivity index (χ0v) is 9.74. The fraction of sp³-hybridized carbons (Fsp3) is 0. The van der Waals surface area contributed by atoms with E-state index in [2.05, 4.69) is 15.0 Å². The van der Waals surface area contributed by atoms with Crippen LogP contribution in [-0.4, -0.2) is 15.0 Å². The van der Waals surface area contributed by atoms with Crippen LogP contribution in [0.25, 0.3) is 22.0 Å². The highest BCUT2D eigenvalue weighted by Gasteiger charge is 2.10. The Morgan fingerprint density at radius 3 is 2.71 bits per heavy atom. The predicted molar refractivity (Wildman–Crippen MR) is 69.5 cm³/mol. The van der Waals surface area contributed by atoms with Gasteiger partial charge in [-0.2, -0.15) is 0 Å². The summed E-state index contributed by atoms with van der Waals surface area (Å²) in [6.45, 7) is 0. The molecular formula is C12H10N4S. The van der Waals surface area contributed by atoms with Crippen LogP contribution < -0.4 is 5.73 Å². The summed E-state index contributed by atoms with van der Waals surface area (Å²) in [5.74, 6) is 0.485. The molecule has 84 valence electrons. The molecule has 0 aliphatic rings. The SMILES string of the molecule is Nc1nc[nH]c1-c1nc(-c2ccccc2)cs1. The van der Waals surface area contributed by atoms with Gasteiger partial charge in [-0.25, -0.2) is 9.97 Å². The van der Waals surface area contributed by atoms with E-state index in [1.807, 2.05) is 35.7 Å². The molecule has 0 unspecified atom stereocenters. The summed E-state index contributed by atoms with van der Waals surface area (Å²) >= 11 is 1.55. The molecule has 0 aliphatic heterocycles.